The summed E-state index contributed by atoms with van der Waals surface area (Å²) < 4.78 is 6.17. The fraction of sp³-hybridized carbons (Fsp3) is 0.227. The first-order valence-electron chi connectivity index (χ1n) is 8.24. The second kappa shape index (κ2) is 6.48. The Morgan fingerprint density at radius 3 is 2.17 bits per heavy atom. The molecule has 0 aliphatic carbocycles. The lowest BCUT2D eigenvalue weighted by molar-refractivity contribution is 0.434. The van der Waals surface area contributed by atoms with Crippen LogP contribution in [0.4, 0.5) is 5.69 Å². The summed E-state index contributed by atoms with van der Waals surface area (Å²) in [6, 6.07) is 22.6. The van der Waals surface area contributed by atoms with Gasteiger partial charge in [-0.25, -0.2) is 4.99 Å². The zero-order valence-corrected chi connectivity index (χ0v) is 14.7. The summed E-state index contributed by atoms with van der Waals surface area (Å²) in [7, 11) is 0. The number of hydrogen-bond donors (Lipinski definition) is 0. The molecule has 3 aromatic carbocycles. The van der Waals surface area contributed by atoms with Crippen LogP contribution in [-0.2, 0) is 0 Å². The molecule has 0 aliphatic heterocycles. The molecule has 0 amide bonds. The van der Waals surface area contributed by atoms with E-state index in [2.05, 4.69) is 64.1 Å². The predicted molar refractivity (Wildman–Crippen MR) is 102 cm³/mol. The summed E-state index contributed by atoms with van der Waals surface area (Å²) in [6.07, 6.45) is 0. The van der Waals surface area contributed by atoms with Crippen LogP contribution in [0.1, 0.15) is 26.3 Å². The molecule has 0 saturated heterocycles. The number of aryl methyl sites for hydroxylation is 1. The molecule has 0 saturated carbocycles. The molecule has 24 heavy (non-hydrogen) atoms. The van der Waals surface area contributed by atoms with Gasteiger partial charge in [0.2, 0.25) is 5.90 Å². The minimum Gasteiger partial charge on any atom is -0.442 e. The maximum Gasteiger partial charge on any atom is 0.200 e. The number of nitrogens with zero attached hydrogens (tertiary/aromatic N) is 1. The number of rotatable bonds is 2. The number of benzene rings is 3. The summed E-state index contributed by atoms with van der Waals surface area (Å²) in [6.45, 7) is 8.41. The van der Waals surface area contributed by atoms with Gasteiger partial charge in [0.05, 0.1) is 5.69 Å². The van der Waals surface area contributed by atoms with Crippen LogP contribution in [0.15, 0.2) is 71.7 Å². The van der Waals surface area contributed by atoms with Gasteiger partial charge in [-0.3, -0.25) is 0 Å². The molecule has 2 heteroatoms. The van der Waals surface area contributed by atoms with E-state index >= 15 is 0 Å². The van der Waals surface area contributed by atoms with Crippen molar-refractivity contribution in [1.29, 1.82) is 0 Å². The van der Waals surface area contributed by atoms with E-state index in [1.165, 1.54) is 16.3 Å². The molecule has 0 bridgehead atoms. The Hall–Kier alpha value is -2.61. The van der Waals surface area contributed by atoms with Crippen LogP contribution in [0.2, 0.25) is 0 Å². The molecule has 0 radical (unpaired) electrons. The molecule has 0 atom stereocenters. The Labute approximate surface area is 143 Å². The lowest BCUT2D eigenvalue weighted by atomic mass is 9.96. The molecule has 0 spiro atoms. The Balaban J connectivity index is 1.95. The first kappa shape index (κ1) is 16.3. The second-order valence-electron chi connectivity index (χ2n) is 7.11. The first-order valence-corrected chi connectivity index (χ1v) is 8.24. The average Bonchev–Trinajstić information content (AvgIpc) is 2.55. The molecule has 0 heterocycles. The van der Waals surface area contributed by atoms with Crippen LogP contribution in [0.25, 0.3) is 10.8 Å². The Morgan fingerprint density at radius 2 is 1.50 bits per heavy atom. The fourth-order valence-electron chi connectivity index (χ4n) is 2.42. The van der Waals surface area contributed by atoms with Crippen LogP contribution in [0, 0.1) is 12.3 Å². The highest BCUT2D eigenvalue weighted by atomic mass is 16.5. The van der Waals surface area contributed by atoms with E-state index in [4.69, 9.17) is 9.73 Å². The van der Waals surface area contributed by atoms with Gasteiger partial charge in [0.25, 0.3) is 0 Å². The van der Waals surface area contributed by atoms with Crippen LogP contribution in [0.3, 0.4) is 0 Å². The van der Waals surface area contributed by atoms with E-state index in [0.29, 0.717) is 5.90 Å². The topological polar surface area (TPSA) is 21.6 Å². The van der Waals surface area contributed by atoms with Crippen LogP contribution in [0.5, 0.6) is 5.75 Å². The molecule has 0 N–H and O–H groups in total. The van der Waals surface area contributed by atoms with Crippen molar-refractivity contribution in [2.45, 2.75) is 27.7 Å². The van der Waals surface area contributed by atoms with E-state index in [0.717, 1.165) is 11.4 Å². The number of hydrogen-bond acceptors (Lipinski definition) is 2. The van der Waals surface area contributed by atoms with E-state index in [9.17, 15) is 0 Å². The van der Waals surface area contributed by atoms with Gasteiger partial charge in [-0.15, -0.1) is 0 Å². The zero-order chi connectivity index (χ0) is 17.2. The number of aliphatic imine (C=N–C) groups is 1. The van der Waals surface area contributed by atoms with Gasteiger partial charge in [0, 0.05) is 5.41 Å². The molecule has 0 aliphatic rings. The van der Waals surface area contributed by atoms with Crippen molar-refractivity contribution in [1.82, 2.24) is 0 Å². The molecule has 3 aromatic rings. The molecule has 0 aromatic heterocycles. The van der Waals surface area contributed by atoms with Crippen molar-refractivity contribution in [3.05, 3.63) is 72.3 Å². The van der Waals surface area contributed by atoms with Gasteiger partial charge < -0.3 is 4.74 Å². The van der Waals surface area contributed by atoms with E-state index in [1.54, 1.807) is 0 Å². The number of fused-ring (bicyclic) bond motifs is 1. The largest absolute Gasteiger partial charge is 0.442 e. The van der Waals surface area contributed by atoms with Gasteiger partial charge in [0.15, 0.2) is 0 Å². The summed E-state index contributed by atoms with van der Waals surface area (Å²) in [5, 5.41) is 2.37. The SMILES string of the molecule is Cc1ccc(N=C(Oc2ccc3ccccc3c2)C(C)(C)C)cc1. The molecule has 0 fully saturated rings. The van der Waals surface area contributed by atoms with E-state index in [1.807, 2.05) is 30.3 Å². The minimum absolute atomic E-state index is 0.184. The number of ether oxygens (including phenoxy) is 1. The van der Waals surface area contributed by atoms with Crippen molar-refractivity contribution in [2.24, 2.45) is 10.4 Å². The van der Waals surface area contributed by atoms with Crippen molar-refractivity contribution in [3.8, 4) is 5.75 Å². The lowest BCUT2D eigenvalue weighted by Crippen LogP contribution is -2.26. The van der Waals surface area contributed by atoms with E-state index in [-0.39, 0.29) is 5.41 Å². The fourth-order valence-corrected chi connectivity index (χ4v) is 2.42. The molecule has 0 unspecified atom stereocenters. The molecule has 122 valence electrons. The summed E-state index contributed by atoms with van der Waals surface area (Å²) >= 11 is 0. The maximum absolute atomic E-state index is 6.17. The van der Waals surface area contributed by atoms with E-state index < -0.39 is 0 Å². The third-order valence-electron chi connectivity index (χ3n) is 3.84. The second-order valence-corrected chi connectivity index (χ2v) is 7.11. The van der Waals surface area contributed by atoms with Crippen LogP contribution in [-0.4, -0.2) is 5.90 Å². The highest BCUT2D eigenvalue weighted by Gasteiger charge is 2.22. The summed E-state index contributed by atoms with van der Waals surface area (Å²) in [5.41, 5.74) is 1.95. The van der Waals surface area contributed by atoms with Crippen molar-refractivity contribution in [2.75, 3.05) is 0 Å². The highest BCUT2D eigenvalue weighted by Crippen LogP contribution is 2.26. The smallest absolute Gasteiger partial charge is 0.200 e. The van der Waals surface area contributed by atoms with Crippen LogP contribution >= 0.6 is 0 Å². The lowest BCUT2D eigenvalue weighted by Gasteiger charge is -2.21. The summed E-state index contributed by atoms with van der Waals surface area (Å²) in [4.78, 5) is 4.74. The third-order valence-corrected chi connectivity index (χ3v) is 3.84. The van der Waals surface area contributed by atoms with Gasteiger partial charge >= 0.3 is 0 Å². The Morgan fingerprint density at radius 1 is 0.833 bits per heavy atom. The average molecular weight is 317 g/mol. The summed E-state index contributed by atoms with van der Waals surface area (Å²) in [5.74, 6) is 1.52. The van der Waals surface area contributed by atoms with Crippen molar-refractivity contribution >= 4 is 22.4 Å². The zero-order valence-electron chi connectivity index (χ0n) is 14.7. The van der Waals surface area contributed by atoms with Gasteiger partial charge in [-0.05, 0) is 42.0 Å². The third kappa shape index (κ3) is 3.83. The van der Waals surface area contributed by atoms with Gasteiger partial charge in [0.1, 0.15) is 5.75 Å². The van der Waals surface area contributed by atoms with Crippen LogP contribution < -0.4 is 4.74 Å². The molecular formula is C22H23NO. The first-order chi connectivity index (χ1) is 11.4. The van der Waals surface area contributed by atoms with Gasteiger partial charge in [-0.2, -0.15) is 0 Å². The highest BCUT2D eigenvalue weighted by molar-refractivity contribution is 5.88. The Kier molecular flexibility index (Phi) is 4.39. The monoisotopic (exact) mass is 317 g/mol. The minimum atomic E-state index is -0.184. The Bertz CT molecular complexity index is 870. The normalized spacial score (nSPS) is 12.4. The standard InChI is InChI=1S/C22H23NO/c1-16-9-12-19(13-10-16)23-21(22(2,3)4)24-20-14-11-17-7-5-6-8-18(17)15-20/h5-15H,1-4H3. The van der Waals surface area contributed by atoms with Crippen molar-refractivity contribution in [3.63, 3.8) is 0 Å². The molecule has 3 rings (SSSR count). The molecule has 2 nitrogen and oxygen atoms in total. The van der Waals surface area contributed by atoms with Gasteiger partial charge in [-0.1, -0.05) is 68.8 Å². The quantitative estimate of drug-likeness (QED) is 0.401. The van der Waals surface area contributed by atoms with Crippen molar-refractivity contribution < 1.29 is 4.74 Å². The predicted octanol–water partition coefficient (Wildman–Crippen LogP) is 6.30. The molecular weight excluding hydrogens is 294 g/mol. The maximum atomic E-state index is 6.17.